The van der Waals surface area contributed by atoms with Gasteiger partial charge in [0.25, 0.3) is 0 Å². The average molecular weight is 233 g/mol. The van der Waals surface area contributed by atoms with Crippen LogP contribution in [0, 0.1) is 11.3 Å². The normalized spacial score (nSPS) is 19.6. The maximum Gasteiger partial charge on any atom is 0.163 e. The van der Waals surface area contributed by atoms with Crippen LogP contribution < -0.4 is 15.4 Å². The van der Waals surface area contributed by atoms with Crippen LogP contribution in [0.5, 0.6) is 11.5 Å². The first kappa shape index (κ1) is 11.7. The average Bonchev–Trinajstić information content (AvgIpc) is 2.39. The van der Waals surface area contributed by atoms with Crippen molar-refractivity contribution in [3.63, 3.8) is 0 Å². The van der Waals surface area contributed by atoms with E-state index in [-0.39, 0.29) is 11.8 Å². The fourth-order valence-corrected chi connectivity index (χ4v) is 2.06. The van der Waals surface area contributed by atoms with Gasteiger partial charge in [-0.3, -0.25) is 0 Å². The van der Waals surface area contributed by atoms with Gasteiger partial charge >= 0.3 is 0 Å². The third kappa shape index (κ3) is 2.18. The molecule has 1 aliphatic rings. The Balaban J connectivity index is 2.45. The van der Waals surface area contributed by atoms with Gasteiger partial charge in [0, 0.05) is 31.2 Å². The number of piperazine rings is 1. The maximum atomic E-state index is 10.1. The molecule has 17 heavy (non-hydrogen) atoms. The molecule has 0 aromatic heterocycles. The van der Waals surface area contributed by atoms with Gasteiger partial charge in [-0.2, -0.15) is 5.26 Å². The second kappa shape index (κ2) is 5.04. The summed E-state index contributed by atoms with van der Waals surface area (Å²) in [6.45, 7) is 2.39. The summed E-state index contributed by atoms with van der Waals surface area (Å²) >= 11 is 0. The molecule has 0 amide bonds. The molecule has 1 fully saturated rings. The van der Waals surface area contributed by atoms with E-state index in [9.17, 15) is 5.11 Å². The van der Waals surface area contributed by atoms with Crippen LogP contribution in [0.2, 0.25) is 0 Å². The highest BCUT2D eigenvalue weighted by molar-refractivity contribution is 5.55. The van der Waals surface area contributed by atoms with Crippen molar-refractivity contribution in [2.45, 2.75) is 6.04 Å². The van der Waals surface area contributed by atoms with Gasteiger partial charge in [-0.05, 0) is 12.1 Å². The molecule has 0 radical (unpaired) electrons. The van der Waals surface area contributed by atoms with Crippen molar-refractivity contribution in [1.29, 1.82) is 5.26 Å². The monoisotopic (exact) mass is 233 g/mol. The van der Waals surface area contributed by atoms with Crippen molar-refractivity contribution in [2.24, 2.45) is 0 Å². The minimum absolute atomic E-state index is 0.0488. The van der Waals surface area contributed by atoms with E-state index in [1.807, 2.05) is 0 Å². The van der Waals surface area contributed by atoms with Crippen LogP contribution in [0.3, 0.4) is 0 Å². The molecular weight excluding hydrogens is 218 g/mol. The molecule has 3 N–H and O–H groups in total. The summed E-state index contributed by atoms with van der Waals surface area (Å²) < 4.78 is 5.07. The van der Waals surface area contributed by atoms with Gasteiger partial charge in [-0.1, -0.05) is 0 Å². The molecule has 1 saturated heterocycles. The van der Waals surface area contributed by atoms with Gasteiger partial charge in [-0.25, -0.2) is 0 Å². The van der Waals surface area contributed by atoms with Crippen molar-refractivity contribution >= 4 is 0 Å². The number of phenols is 1. The van der Waals surface area contributed by atoms with E-state index in [0.29, 0.717) is 23.4 Å². The molecule has 2 rings (SSSR count). The van der Waals surface area contributed by atoms with Crippen molar-refractivity contribution in [3.8, 4) is 17.6 Å². The Labute approximate surface area is 100 Å². The van der Waals surface area contributed by atoms with Crippen LogP contribution in [-0.2, 0) is 0 Å². The van der Waals surface area contributed by atoms with Crippen LogP contribution in [0.25, 0.3) is 0 Å². The smallest absolute Gasteiger partial charge is 0.163 e. The highest BCUT2D eigenvalue weighted by atomic mass is 16.5. The summed E-state index contributed by atoms with van der Waals surface area (Å²) in [5.74, 6) is 0.444. The number of methoxy groups -OCH3 is 1. The second-order valence-corrected chi connectivity index (χ2v) is 3.90. The number of rotatable bonds is 2. The Kier molecular flexibility index (Phi) is 3.47. The van der Waals surface area contributed by atoms with Crippen molar-refractivity contribution in [3.05, 3.63) is 23.3 Å². The lowest BCUT2D eigenvalue weighted by atomic mass is 9.98. The van der Waals surface area contributed by atoms with Gasteiger partial charge in [-0.15, -0.1) is 0 Å². The van der Waals surface area contributed by atoms with E-state index < -0.39 is 0 Å². The standard InChI is InChI=1S/C12H15N3O2/c1-17-10-3-2-8(6-13)11(12(10)16)9-7-14-4-5-15-9/h2-3,9,14-16H,4-5,7H2,1H3/t9-/m1/s1. The number of benzene rings is 1. The molecule has 1 atom stereocenters. The molecule has 0 aliphatic carbocycles. The van der Waals surface area contributed by atoms with Gasteiger partial charge in [0.1, 0.15) is 0 Å². The summed E-state index contributed by atoms with van der Waals surface area (Å²) in [5, 5.41) is 25.7. The number of nitrogens with one attached hydrogen (secondary N) is 2. The minimum atomic E-state index is -0.0616. The van der Waals surface area contributed by atoms with Crippen LogP contribution in [0.15, 0.2) is 12.1 Å². The number of hydrogen-bond acceptors (Lipinski definition) is 5. The van der Waals surface area contributed by atoms with Gasteiger partial charge < -0.3 is 20.5 Å². The predicted octanol–water partition coefficient (Wildman–Crippen LogP) is 0.506. The molecule has 0 spiro atoms. The number of nitriles is 1. The lowest BCUT2D eigenvalue weighted by Crippen LogP contribution is -2.42. The van der Waals surface area contributed by atoms with E-state index in [1.54, 1.807) is 12.1 Å². The van der Waals surface area contributed by atoms with Gasteiger partial charge in [0.2, 0.25) is 0 Å². The topological polar surface area (TPSA) is 77.3 Å². The molecule has 5 nitrogen and oxygen atoms in total. The van der Waals surface area contributed by atoms with E-state index in [1.165, 1.54) is 7.11 Å². The SMILES string of the molecule is COc1ccc(C#N)c([C@H]2CNCCN2)c1O. The van der Waals surface area contributed by atoms with Crippen molar-refractivity contribution < 1.29 is 9.84 Å². The van der Waals surface area contributed by atoms with E-state index in [4.69, 9.17) is 10.00 Å². The molecule has 90 valence electrons. The predicted molar refractivity (Wildman–Crippen MR) is 63.0 cm³/mol. The van der Waals surface area contributed by atoms with Crippen LogP contribution in [-0.4, -0.2) is 31.9 Å². The number of aromatic hydroxyl groups is 1. The fraction of sp³-hybridized carbons (Fsp3) is 0.417. The molecule has 0 saturated carbocycles. The summed E-state index contributed by atoms with van der Waals surface area (Å²) in [4.78, 5) is 0. The number of phenolic OH excluding ortho intramolecular Hbond substituents is 1. The Morgan fingerprint density at radius 1 is 1.47 bits per heavy atom. The first-order chi connectivity index (χ1) is 8.27. The number of nitrogens with zero attached hydrogens (tertiary/aromatic N) is 1. The molecular formula is C12H15N3O2. The van der Waals surface area contributed by atoms with E-state index >= 15 is 0 Å². The molecule has 1 aromatic carbocycles. The molecule has 1 aromatic rings. The Morgan fingerprint density at radius 3 is 2.88 bits per heavy atom. The number of ether oxygens (including phenoxy) is 1. The summed E-state index contributed by atoms with van der Waals surface area (Å²) in [5.41, 5.74) is 1.09. The van der Waals surface area contributed by atoms with E-state index in [0.717, 1.165) is 13.1 Å². The van der Waals surface area contributed by atoms with Crippen LogP contribution >= 0.6 is 0 Å². The zero-order chi connectivity index (χ0) is 12.3. The first-order valence-corrected chi connectivity index (χ1v) is 5.52. The second-order valence-electron chi connectivity index (χ2n) is 3.90. The Hall–Kier alpha value is -1.77. The zero-order valence-corrected chi connectivity index (χ0v) is 9.66. The molecule has 5 heteroatoms. The van der Waals surface area contributed by atoms with Gasteiger partial charge in [0.15, 0.2) is 11.5 Å². The fourth-order valence-electron chi connectivity index (χ4n) is 2.06. The zero-order valence-electron chi connectivity index (χ0n) is 9.66. The third-order valence-electron chi connectivity index (χ3n) is 2.91. The highest BCUT2D eigenvalue weighted by Crippen LogP contribution is 2.36. The summed E-state index contributed by atoms with van der Waals surface area (Å²) in [7, 11) is 1.50. The Bertz CT molecular complexity index is 448. The lowest BCUT2D eigenvalue weighted by molar-refractivity contribution is 0.358. The van der Waals surface area contributed by atoms with Crippen molar-refractivity contribution in [2.75, 3.05) is 26.7 Å². The lowest BCUT2D eigenvalue weighted by Gasteiger charge is -2.26. The van der Waals surface area contributed by atoms with E-state index in [2.05, 4.69) is 16.7 Å². The van der Waals surface area contributed by atoms with Crippen LogP contribution in [0.4, 0.5) is 0 Å². The van der Waals surface area contributed by atoms with Crippen LogP contribution in [0.1, 0.15) is 17.2 Å². The van der Waals surface area contributed by atoms with Gasteiger partial charge in [0.05, 0.1) is 18.7 Å². The molecule has 0 unspecified atom stereocenters. The summed E-state index contributed by atoms with van der Waals surface area (Å²) in [6, 6.07) is 5.32. The third-order valence-corrected chi connectivity index (χ3v) is 2.91. The Morgan fingerprint density at radius 2 is 2.29 bits per heavy atom. The molecule has 1 heterocycles. The largest absolute Gasteiger partial charge is 0.504 e. The van der Waals surface area contributed by atoms with Crippen molar-refractivity contribution in [1.82, 2.24) is 10.6 Å². The quantitative estimate of drug-likeness (QED) is 0.693. The molecule has 0 bridgehead atoms. The minimum Gasteiger partial charge on any atom is -0.504 e. The summed E-state index contributed by atoms with van der Waals surface area (Å²) in [6.07, 6.45) is 0. The maximum absolute atomic E-state index is 10.1. The number of hydrogen-bond donors (Lipinski definition) is 3. The highest BCUT2D eigenvalue weighted by Gasteiger charge is 2.23. The molecule has 1 aliphatic heterocycles. The first-order valence-electron chi connectivity index (χ1n) is 5.52.